The van der Waals surface area contributed by atoms with E-state index in [-0.39, 0.29) is 5.41 Å². The minimum atomic E-state index is -0.114. The molecule has 1 aliphatic carbocycles. The monoisotopic (exact) mass is 591 g/mol. The van der Waals surface area contributed by atoms with E-state index in [1.807, 2.05) is 30.5 Å². The second-order valence-corrected chi connectivity index (χ2v) is 12.3. The predicted octanol–water partition coefficient (Wildman–Crippen LogP) is 9.67. The largest absolute Gasteiger partial charge is 0.294 e. The molecule has 8 aromatic rings. The van der Waals surface area contributed by atoms with Gasteiger partial charge in [-0.15, -0.1) is 0 Å². The summed E-state index contributed by atoms with van der Waals surface area (Å²) in [6, 6.07) is 46.4. The molecule has 5 heteroatoms. The first kappa shape index (κ1) is 26.5. The maximum absolute atomic E-state index is 5.15. The molecule has 0 amide bonds. The average Bonchev–Trinajstić information content (AvgIpc) is 3.57. The van der Waals surface area contributed by atoms with Crippen molar-refractivity contribution in [1.29, 1.82) is 0 Å². The molecule has 218 valence electrons. The molecule has 0 spiro atoms. The summed E-state index contributed by atoms with van der Waals surface area (Å²) in [4.78, 5) is 20.0. The van der Waals surface area contributed by atoms with Gasteiger partial charge in [-0.3, -0.25) is 4.57 Å². The molecule has 0 unspecified atom stereocenters. The van der Waals surface area contributed by atoms with E-state index in [4.69, 9.17) is 19.9 Å². The van der Waals surface area contributed by atoms with Crippen LogP contribution in [0.2, 0.25) is 0 Å². The summed E-state index contributed by atoms with van der Waals surface area (Å²) in [5.74, 6) is 1.96. The molecule has 46 heavy (non-hydrogen) atoms. The minimum absolute atomic E-state index is 0.114. The zero-order valence-corrected chi connectivity index (χ0v) is 25.5. The summed E-state index contributed by atoms with van der Waals surface area (Å²) in [7, 11) is 0. The number of benzene rings is 5. The molecule has 3 heterocycles. The Bertz CT molecular complexity index is 2390. The van der Waals surface area contributed by atoms with Gasteiger partial charge in [0.25, 0.3) is 0 Å². The zero-order valence-electron chi connectivity index (χ0n) is 25.5. The van der Waals surface area contributed by atoms with E-state index >= 15 is 0 Å². The maximum atomic E-state index is 5.15. The number of para-hydroxylation sites is 1. The summed E-state index contributed by atoms with van der Waals surface area (Å²) in [5, 5.41) is 2.32. The number of hydrogen-bond acceptors (Lipinski definition) is 4. The molecule has 5 aromatic carbocycles. The van der Waals surface area contributed by atoms with Gasteiger partial charge in [0.15, 0.2) is 17.5 Å². The third-order valence-corrected chi connectivity index (χ3v) is 9.33. The third-order valence-electron chi connectivity index (χ3n) is 9.33. The van der Waals surface area contributed by atoms with Crippen molar-refractivity contribution in [2.75, 3.05) is 0 Å². The van der Waals surface area contributed by atoms with E-state index in [2.05, 4.69) is 128 Å². The second-order valence-electron chi connectivity index (χ2n) is 12.3. The van der Waals surface area contributed by atoms with Crippen LogP contribution in [0.15, 0.2) is 140 Å². The van der Waals surface area contributed by atoms with Crippen molar-refractivity contribution in [3.8, 4) is 51.0 Å². The van der Waals surface area contributed by atoms with Crippen molar-refractivity contribution >= 4 is 21.9 Å². The molecule has 5 nitrogen and oxygen atoms in total. The van der Waals surface area contributed by atoms with Gasteiger partial charge >= 0.3 is 0 Å². The normalized spacial score (nSPS) is 13.2. The lowest BCUT2D eigenvalue weighted by Gasteiger charge is -2.21. The van der Waals surface area contributed by atoms with E-state index < -0.39 is 0 Å². The zero-order chi connectivity index (χ0) is 30.8. The highest BCUT2D eigenvalue weighted by atomic mass is 15.1. The fraction of sp³-hybridized carbons (Fsp3) is 0.0732. The topological polar surface area (TPSA) is 56.5 Å². The summed E-state index contributed by atoms with van der Waals surface area (Å²) >= 11 is 0. The van der Waals surface area contributed by atoms with Crippen LogP contribution < -0.4 is 0 Å². The van der Waals surface area contributed by atoms with E-state index in [0.29, 0.717) is 17.5 Å². The molecule has 0 radical (unpaired) electrons. The van der Waals surface area contributed by atoms with Gasteiger partial charge in [0, 0.05) is 44.8 Å². The number of fused-ring (bicyclic) bond motifs is 6. The highest BCUT2D eigenvalue weighted by Gasteiger charge is 2.37. The third kappa shape index (κ3) is 3.95. The van der Waals surface area contributed by atoms with Crippen molar-refractivity contribution in [3.05, 3.63) is 151 Å². The highest BCUT2D eigenvalue weighted by molar-refractivity contribution is 6.07. The van der Waals surface area contributed by atoms with Crippen molar-refractivity contribution in [2.24, 2.45) is 0 Å². The average molecular weight is 592 g/mol. The van der Waals surface area contributed by atoms with Gasteiger partial charge < -0.3 is 0 Å². The van der Waals surface area contributed by atoms with Crippen LogP contribution >= 0.6 is 0 Å². The lowest BCUT2D eigenvalue weighted by Crippen LogP contribution is -2.14. The summed E-state index contributed by atoms with van der Waals surface area (Å²) in [6.07, 6.45) is 1.85. The Morgan fingerprint density at radius 2 is 1.13 bits per heavy atom. The van der Waals surface area contributed by atoms with Crippen LogP contribution in [0.25, 0.3) is 72.9 Å². The van der Waals surface area contributed by atoms with E-state index in [1.165, 1.54) is 27.6 Å². The van der Waals surface area contributed by atoms with Gasteiger partial charge in [-0.2, -0.15) is 0 Å². The lowest BCUT2D eigenvalue weighted by molar-refractivity contribution is 0.660. The molecule has 3 aromatic heterocycles. The van der Waals surface area contributed by atoms with Crippen LogP contribution in [0.5, 0.6) is 0 Å². The molecular formula is C41H29N5. The van der Waals surface area contributed by atoms with E-state index in [1.54, 1.807) is 0 Å². The Kier molecular flexibility index (Phi) is 5.78. The lowest BCUT2D eigenvalue weighted by atomic mass is 9.82. The molecule has 9 rings (SSSR count). The molecule has 0 N–H and O–H groups in total. The number of nitrogens with zero attached hydrogens (tertiary/aromatic N) is 5. The van der Waals surface area contributed by atoms with Crippen LogP contribution in [0.1, 0.15) is 25.0 Å². The van der Waals surface area contributed by atoms with Crippen molar-refractivity contribution in [2.45, 2.75) is 19.3 Å². The Hall–Kier alpha value is -5.94. The molecule has 0 atom stereocenters. The Morgan fingerprint density at radius 3 is 1.96 bits per heavy atom. The highest BCUT2D eigenvalue weighted by Crippen LogP contribution is 2.51. The fourth-order valence-electron chi connectivity index (χ4n) is 7.10. The van der Waals surface area contributed by atoms with Gasteiger partial charge in [0.05, 0.1) is 5.52 Å². The second kappa shape index (κ2) is 10.0. The Labute approximate surface area is 266 Å². The Balaban J connectivity index is 1.22. The van der Waals surface area contributed by atoms with Gasteiger partial charge in [-0.25, -0.2) is 19.9 Å². The number of hydrogen-bond donors (Lipinski definition) is 0. The van der Waals surface area contributed by atoms with Crippen molar-refractivity contribution in [3.63, 3.8) is 0 Å². The first-order valence-electron chi connectivity index (χ1n) is 15.6. The molecule has 0 aliphatic heterocycles. The molecule has 0 saturated carbocycles. The summed E-state index contributed by atoms with van der Waals surface area (Å²) < 4.78 is 2.22. The first-order chi connectivity index (χ1) is 22.6. The van der Waals surface area contributed by atoms with Gasteiger partial charge in [-0.1, -0.05) is 105 Å². The summed E-state index contributed by atoms with van der Waals surface area (Å²) in [5.41, 5.74) is 10.9. The minimum Gasteiger partial charge on any atom is -0.294 e. The summed E-state index contributed by atoms with van der Waals surface area (Å²) in [6.45, 7) is 4.59. The van der Waals surface area contributed by atoms with Crippen LogP contribution in [-0.2, 0) is 5.41 Å². The van der Waals surface area contributed by atoms with Crippen molar-refractivity contribution < 1.29 is 0 Å². The Morgan fingerprint density at radius 1 is 0.500 bits per heavy atom. The molecule has 1 aliphatic rings. The maximum Gasteiger partial charge on any atom is 0.164 e. The quantitative estimate of drug-likeness (QED) is 0.204. The predicted molar refractivity (Wildman–Crippen MR) is 186 cm³/mol. The number of rotatable bonds is 4. The SMILES string of the molecule is CC1(C)c2ccccc2-c2c(-c3nc(-c4ccccc4)nc(-c4ccc(-n5c6ccccc6c6cccnc65)cc4)n3)cccc21. The molecular weight excluding hydrogens is 562 g/mol. The van der Waals surface area contributed by atoms with Gasteiger partial charge in [-0.05, 0) is 64.7 Å². The number of pyridine rings is 1. The van der Waals surface area contributed by atoms with E-state index in [0.717, 1.165) is 38.9 Å². The number of aromatic nitrogens is 5. The molecule has 0 fully saturated rings. The van der Waals surface area contributed by atoms with Gasteiger partial charge in [0.2, 0.25) is 0 Å². The molecule has 0 saturated heterocycles. The van der Waals surface area contributed by atoms with E-state index in [9.17, 15) is 0 Å². The fourth-order valence-corrected chi connectivity index (χ4v) is 7.10. The smallest absolute Gasteiger partial charge is 0.164 e. The van der Waals surface area contributed by atoms with Gasteiger partial charge in [0.1, 0.15) is 5.65 Å². The van der Waals surface area contributed by atoms with Crippen molar-refractivity contribution in [1.82, 2.24) is 24.5 Å². The van der Waals surface area contributed by atoms with Crippen LogP contribution in [0.4, 0.5) is 0 Å². The molecule has 0 bridgehead atoms. The van der Waals surface area contributed by atoms with Crippen LogP contribution in [0, 0.1) is 0 Å². The standard InChI is InChI=1S/C41H29N5/c1-41(2)33-18-8-6-15-31(33)36-32(16-10-19-34(36)41)39-44-37(26-12-4-3-5-13-26)43-38(45-39)27-21-23-28(24-22-27)46-35-20-9-7-14-29(35)30-17-11-25-42-40(30)46/h3-25H,1-2H3. The van der Waals surface area contributed by atoms with Crippen LogP contribution in [-0.4, -0.2) is 24.5 Å². The van der Waals surface area contributed by atoms with Crippen LogP contribution in [0.3, 0.4) is 0 Å². The first-order valence-corrected chi connectivity index (χ1v) is 15.6.